The molecule has 4 heteroatoms. The molecule has 0 unspecified atom stereocenters. The van der Waals surface area contributed by atoms with Gasteiger partial charge in [-0.15, -0.1) is 0 Å². The van der Waals surface area contributed by atoms with Crippen LogP contribution in [0.1, 0.15) is 52.5 Å². The molecule has 0 aliphatic carbocycles. The Morgan fingerprint density at radius 3 is 2.12 bits per heavy atom. The molecule has 0 amide bonds. The van der Waals surface area contributed by atoms with Gasteiger partial charge in [-0.05, 0) is 87.9 Å². The van der Waals surface area contributed by atoms with Crippen molar-refractivity contribution in [1.29, 1.82) is 0 Å². The van der Waals surface area contributed by atoms with Crippen molar-refractivity contribution in [1.82, 2.24) is 9.80 Å². The lowest BCUT2D eigenvalue weighted by Crippen LogP contribution is -2.42. The van der Waals surface area contributed by atoms with Gasteiger partial charge in [0.05, 0.1) is 0 Å². The lowest BCUT2D eigenvalue weighted by Gasteiger charge is -2.34. The van der Waals surface area contributed by atoms with Crippen LogP contribution in [0.5, 0.6) is 0 Å². The Bertz CT molecular complexity index is 859. The van der Waals surface area contributed by atoms with Crippen molar-refractivity contribution < 1.29 is 4.39 Å². The van der Waals surface area contributed by atoms with Crippen molar-refractivity contribution in [3.63, 3.8) is 0 Å². The molecule has 0 radical (unpaired) electrons. The van der Waals surface area contributed by atoms with Gasteiger partial charge in [0, 0.05) is 37.6 Å². The third-order valence-electron chi connectivity index (χ3n) is 6.59. The van der Waals surface area contributed by atoms with Crippen LogP contribution in [0.25, 0.3) is 16.8 Å². The lowest BCUT2D eigenvalue weighted by atomic mass is 9.95. The first kappa shape index (κ1) is 25.3. The molecule has 0 bridgehead atoms. The number of alkyl halides is 1. The van der Waals surface area contributed by atoms with Crippen molar-refractivity contribution in [2.75, 3.05) is 44.6 Å². The Kier molecular flexibility index (Phi) is 8.96. The van der Waals surface area contributed by atoms with Crippen LogP contribution in [0, 0.1) is 5.92 Å². The molecular formula is C29H42FN3. The summed E-state index contributed by atoms with van der Waals surface area (Å²) in [6.45, 7) is 17.6. The molecule has 1 N–H and O–H groups in total. The monoisotopic (exact) mass is 451 g/mol. The average Bonchev–Trinajstić information content (AvgIpc) is 2.81. The first-order valence-corrected chi connectivity index (χ1v) is 12.6. The summed E-state index contributed by atoms with van der Waals surface area (Å²) in [4.78, 5) is 4.59. The van der Waals surface area contributed by atoms with E-state index in [-0.39, 0.29) is 0 Å². The summed E-state index contributed by atoms with van der Waals surface area (Å²) >= 11 is 0. The Labute approximate surface area is 200 Å². The van der Waals surface area contributed by atoms with Crippen molar-refractivity contribution >= 4 is 11.4 Å². The Balaban J connectivity index is 1.50. The predicted molar refractivity (Wildman–Crippen MR) is 141 cm³/mol. The predicted octanol–water partition coefficient (Wildman–Crippen LogP) is 6.93. The molecule has 2 aromatic rings. The molecule has 1 fully saturated rings. The van der Waals surface area contributed by atoms with Gasteiger partial charge in [-0.2, -0.15) is 0 Å². The van der Waals surface area contributed by atoms with Gasteiger partial charge in [0.2, 0.25) is 0 Å². The molecule has 0 spiro atoms. The number of rotatable bonds is 11. The van der Waals surface area contributed by atoms with Gasteiger partial charge in [-0.1, -0.05) is 49.9 Å². The van der Waals surface area contributed by atoms with E-state index in [1.54, 1.807) is 13.8 Å². The molecular weight excluding hydrogens is 409 g/mol. The maximum Gasteiger partial charge on any atom is 0.118 e. The first-order valence-electron chi connectivity index (χ1n) is 12.6. The second-order valence-electron chi connectivity index (χ2n) is 10.0. The Hall–Kier alpha value is -2.33. The highest BCUT2D eigenvalue weighted by Gasteiger charge is 2.25. The van der Waals surface area contributed by atoms with E-state index in [1.165, 1.54) is 16.7 Å². The fourth-order valence-corrected chi connectivity index (χ4v) is 4.71. The Morgan fingerprint density at radius 2 is 1.61 bits per heavy atom. The highest BCUT2D eigenvalue weighted by Crippen LogP contribution is 2.26. The summed E-state index contributed by atoms with van der Waals surface area (Å²) in [5, 5.41) is 3.60. The number of hydrogen-bond donors (Lipinski definition) is 1. The first-order chi connectivity index (χ1) is 15.8. The van der Waals surface area contributed by atoms with Crippen LogP contribution in [-0.4, -0.2) is 54.7 Å². The van der Waals surface area contributed by atoms with Crippen LogP contribution in [0.4, 0.5) is 10.1 Å². The van der Waals surface area contributed by atoms with E-state index in [2.05, 4.69) is 84.1 Å². The smallest absolute Gasteiger partial charge is 0.118 e. The molecule has 1 heterocycles. The number of halogens is 1. The number of benzene rings is 2. The van der Waals surface area contributed by atoms with Gasteiger partial charge in [0.25, 0.3) is 0 Å². The van der Waals surface area contributed by atoms with Gasteiger partial charge in [0.15, 0.2) is 0 Å². The summed E-state index contributed by atoms with van der Waals surface area (Å²) < 4.78 is 13.9. The van der Waals surface area contributed by atoms with Gasteiger partial charge in [-0.25, -0.2) is 4.39 Å². The van der Waals surface area contributed by atoms with E-state index < -0.39 is 5.67 Å². The Morgan fingerprint density at radius 1 is 1.03 bits per heavy atom. The minimum absolute atomic E-state index is 0.541. The zero-order valence-corrected chi connectivity index (χ0v) is 21.0. The quantitative estimate of drug-likeness (QED) is 0.400. The standard InChI is InChI=1S/C29H42FN3/c1-6-18-33(7-2)23(3)25-8-10-26(11-9-25)27-12-14-28(15-13-27)31-21-24-16-19-32(20-17-24)22-29(4,5)30/h8-15,24,31H,3,6-7,16-22H2,1-2,4-5H3. The molecule has 3 nitrogen and oxygen atoms in total. The van der Waals surface area contributed by atoms with Crippen molar-refractivity contribution in [2.45, 2.75) is 52.6 Å². The zero-order chi connectivity index (χ0) is 23.8. The minimum Gasteiger partial charge on any atom is -0.385 e. The maximum atomic E-state index is 13.9. The van der Waals surface area contributed by atoms with Crippen LogP contribution in [0.2, 0.25) is 0 Å². The molecule has 180 valence electrons. The SMILES string of the molecule is C=C(c1ccc(-c2ccc(NCC3CCN(CC(C)(C)F)CC3)cc2)cc1)N(CC)CCC. The molecule has 1 aliphatic heterocycles. The third kappa shape index (κ3) is 7.60. The van der Waals surface area contributed by atoms with Crippen molar-refractivity contribution in [3.05, 3.63) is 60.7 Å². The average molecular weight is 452 g/mol. The number of nitrogens with one attached hydrogen (secondary N) is 1. The second-order valence-corrected chi connectivity index (χ2v) is 10.0. The number of nitrogens with zero attached hydrogens (tertiary/aromatic N) is 2. The highest BCUT2D eigenvalue weighted by molar-refractivity contribution is 5.70. The van der Waals surface area contributed by atoms with E-state index in [0.717, 1.165) is 63.4 Å². The van der Waals surface area contributed by atoms with E-state index in [1.807, 2.05) is 0 Å². The molecule has 0 atom stereocenters. The fraction of sp³-hybridized carbons (Fsp3) is 0.517. The van der Waals surface area contributed by atoms with Crippen LogP contribution in [0.3, 0.4) is 0 Å². The van der Waals surface area contributed by atoms with Gasteiger partial charge in [0.1, 0.15) is 5.67 Å². The van der Waals surface area contributed by atoms with E-state index in [9.17, 15) is 4.39 Å². The molecule has 33 heavy (non-hydrogen) atoms. The van der Waals surface area contributed by atoms with Crippen LogP contribution in [-0.2, 0) is 0 Å². The highest BCUT2D eigenvalue weighted by atomic mass is 19.1. The van der Waals surface area contributed by atoms with Crippen LogP contribution < -0.4 is 5.32 Å². The number of hydrogen-bond acceptors (Lipinski definition) is 3. The van der Waals surface area contributed by atoms with E-state index in [4.69, 9.17) is 0 Å². The second kappa shape index (κ2) is 11.7. The summed E-state index contributed by atoms with van der Waals surface area (Å²) in [5.74, 6) is 0.652. The third-order valence-corrected chi connectivity index (χ3v) is 6.59. The number of anilines is 1. The van der Waals surface area contributed by atoms with Crippen LogP contribution >= 0.6 is 0 Å². The van der Waals surface area contributed by atoms with Crippen molar-refractivity contribution in [3.8, 4) is 11.1 Å². The van der Waals surface area contributed by atoms with Crippen LogP contribution in [0.15, 0.2) is 55.1 Å². The van der Waals surface area contributed by atoms with E-state index in [0.29, 0.717) is 12.5 Å². The molecule has 1 aliphatic rings. The number of piperidine rings is 1. The fourth-order valence-electron chi connectivity index (χ4n) is 4.71. The summed E-state index contributed by atoms with van der Waals surface area (Å²) in [6, 6.07) is 17.5. The summed E-state index contributed by atoms with van der Waals surface area (Å²) in [7, 11) is 0. The molecule has 2 aromatic carbocycles. The minimum atomic E-state index is -1.11. The molecule has 0 aromatic heterocycles. The molecule has 1 saturated heterocycles. The van der Waals surface area contributed by atoms with Gasteiger partial charge < -0.3 is 15.1 Å². The summed E-state index contributed by atoms with van der Waals surface area (Å²) in [5.41, 5.74) is 4.79. The molecule has 0 saturated carbocycles. The normalized spacial score (nSPS) is 15.4. The maximum absolute atomic E-state index is 13.9. The molecule has 3 rings (SSSR count). The number of likely N-dealkylation sites (tertiary alicyclic amines) is 1. The summed E-state index contributed by atoms with van der Waals surface area (Å²) in [6.07, 6.45) is 3.39. The van der Waals surface area contributed by atoms with E-state index >= 15 is 0 Å². The lowest BCUT2D eigenvalue weighted by molar-refractivity contribution is 0.0977. The van der Waals surface area contributed by atoms with Gasteiger partial charge in [-0.3, -0.25) is 0 Å². The zero-order valence-electron chi connectivity index (χ0n) is 21.0. The topological polar surface area (TPSA) is 18.5 Å². The largest absolute Gasteiger partial charge is 0.385 e. The van der Waals surface area contributed by atoms with Gasteiger partial charge >= 0.3 is 0 Å². The van der Waals surface area contributed by atoms with Crippen molar-refractivity contribution in [2.24, 2.45) is 5.92 Å².